The third-order valence-corrected chi connectivity index (χ3v) is 5.21. The number of carbonyl (C=O) groups is 1. The molecule has 0 atom stereocenters. The van der Waals surface area contributed by atoms with E-state index in [1.54, 1.807) is 23.1 Å². The van der Waals surface area contributed by atoms with Crippen molar-refractivity contribution in [3.63, 3.8) is 0 Å². The fourth-order valence-corrected chi connectivity index (χ4v) is 3.00. The summed E-state index contributed by atoms with van der Waals surface area (Å²) in [7, 11) is 0. The molecule has 5 nitrogen and oxygen atoms in total. The van der Waals surface area contributed by atoms with Crippen LogP contribution in [0.5, 0.6) is 0 Å². The number of nitrogens with one attached hydrogen (secondary N) is 2. The van der Waals surface area contributed by atoms with E-state index in [-0.39, 0.29) is 11.9 Å². The van der Waals surface area contributed by atoms with Gasteiger partial charge in [-0.1, -0.05) is 0 Å². The third kappa shape index (κ3) is 2.70. The van der Waals surface area contributed by atoms with Gasteiger partial charge in [0.15, 0.2) is 0 Å². The zero-order chi connectivity index (χ0) is 15.9. The number of halogens is 2. The molecule has 114 valence electrons. The van der Waals surface area contributed by atoms with Crippen LogP contribution in [-0.4, -0.2) is 20.7 Å². The molecule has 2 N–H and O–H groups in total. The molecule has 0 unspecified atom stereocenters. The standard InChI is InChI=1S/C15H14Br2N4O/c1-8(2)21-14(3-4-19-21)20-15(22)10-7-18-13-6-12(17)11(16)5-9(10)13/h3-8,18H,1-2H3,(H,20,22). The number of carbonyl (C=O) groups excluding carboxylic acids is 1. The van der Waals surface area contributed by atoms with E-state index in [0.717, 1.165) is 19.8 Å². The highest BCUT2D eigenvalue weighted by atomic mass is 79.9. The Bertz CT molecular complexity index is 850. The summed E-state index contributed by atoms with van der Waals surface area (Å²) in [6, 6.07) is 5.83. The van der Waals surface area contributed by atoms with Crippen molar-refractivity contribution in [2.45, 2.75) is 19.9 Å². The molecular formula is C15H14Br2N4O. The van der Waals surface area contributed by atoms with E-state index in [4.69, 9.17) is 0 Å². The van der Waals surface area contributed by atoms with Gasteiger partial charge >= 0.3 is 0 Å². The molecule has 0 aliphatic rings. The maximum Gasteiger partial charge on any atom is 0.258 e. The zero-order valence-electron chi connectivity index (χ0n) is 12.0. The van der Waals surface area contributed by atoms with Gasteiger partial charge in [-0.15, -0.1) is 0 Å². The van der Waals surface area contributed by atoms with Gasteiger partial charge in [-0.05, 0) is 57.8 Å². The fourth-order valence-electron chi connectivity index (χ4n) is 2.31. The van der Waals surface area contributed by atoms with Crippen LogP contribution in [0.1, 0.15) is 30.2 Å². The van der Waals surface area contributed by atoms with Crippen LogP contribution in [0.25, 0.3) is 10.9 Å². The Hall–Kier alpha value is -1.60. The van der Waals surface area contributed by atoms with Gasteiger partial charge in [0.1, 0.15) is 5.82 Å². The monoisotopic (exact) mass is 424 g/mol. The second kappa shape index (κ2) is 5.89. The van der Waals surface area contributed by atoms with Gasteiger partial charge in [-0.3, -0.25) is 4.79 Å². The SMILES string of the molecule is CC(C)n1nccc1NC(=O)c1c[nH]c2cc(Br)c(Br)cc12. The third-order valence-electron chi connectivity index (χ3n) is 3.37. The van der Waals surface area contributed by atoms with E-state index >= 15 is 0 Å². The Morgan fingerprint density at radius 2 is 2.05 bits per heavy atom. The molecule has 2 heterocycles. The summed E-state index contributed by atoms with van der Waals surface area (Å²) in [5.74, 6) is 0.522. The highest BCUT2D eigenvalue weighted by Gasteiger charge is 2.16. The Labute approximate surface area is 144 Å². The second-order valence-electron chi connectivity index (χ2n) is 5.22. The first-order valence-electron chi connectivity index (χ1n) is 6.78. The van der Waals surface area contributed by atoms with Crippen LogP contribution >= 0.6 is 31.9 Å². The number of anilines is 1. The summed E-state index contributed by atoms with van der Waals surface area (Å²) in [6.07, 6.45) is 3.40. The maximum atomic E-state index is 12.6. The minimum atomic E-state index is -0.164. The average molecular weight is 426 g/mol. The predicted octanol–water partition coefficient (Wildman–Crippen LogP) is 4.72. The number of H-pyrrole nitrogens is 1. The van der Waals surface area contributed by atoms with Crippen LogP contribution < -0.4 is 5.32 Å². The van der Waals surface area contributed by atoms with E-state index in [1.807, 2.05) is 26.0 Å². The Balaban J connectivity index is 1.96. The molecule has 7 heteroatoms. The highest BCUT2D eigenvalue weighted by molar-refractivity contribution is 9.13. The smallest absolute Gasteiger partial charge is 0.258 e. The van der Waals surface area contributed by atoms with E-state index in [9.17, 15) is 4.79 Å². The van der Waals surface area contributed by atoms with Gasteiger partial charge in [-0.25, -0.2) is 4.68 Å². The van der Waals surface area contributed by atoms with Gasteiger partial charge in [0.05, 0.1) is 11.8 Å². The normalized spacial score (nSPS) is 11.3. The lowest BCUT2D eigenvalue weighted by Crippen LogP contribution is -2.16. The molecule has 0 bridgehead atoms. The van der Waals surface area contributed by atoms with Crippen molar-refractivity contribution in [3.8, 4) is 0 Å². The highest BCUT2D eigenvalue weighted by Crippen LogP contribution is 2.30. The topological polar surface area (TPSA) is 62.7 Å². The van der Waals surface area contributed by atoms with E-state index < -0.39 is 0 Å². The zero-order valence-corrected chi connectivity index (χ0v) is 15.2. The summed E-state index contributed by atoms with van der Waals surface area (Å²) >= 11 is 6.93. The molecule has 22 heavy (non-hydrogen) atoms. The molecule has 0 saturated carbocycles. The van der Waals surface area contributed by atoms with Crippen molar-refractivity contribution >= 4 is 54.5 Å². The fraction of sp³-hybridized carbons (Fsp3) is 0.200. The Morgan fingerprint density at radius 3 is 2.77 bits per heavy atom. The van der Waals surface area contributed by atoms with Crippen LogP contribution in [0, 0.1) is 0 Å². The molecule has 0 aliphatic heterocycles. The summed E-state index contributed by atoms with van der Waals surface area (Å²) in [6.45, 7) is 4.03. The summed E-state index contributed by atoms with van der Waals surface area (Å²) in [4.78, 5) is 15.7. The molecule has 0 aliphatic carbocycles. The number of hydrogen-bond donors (Lipinski definition) is 2. The predicted molar refractivity (Wildman–Crippen MR) is 94.3 cm³/mol. The summed E-state index contributed by atoms with van der Waals surface area (Å²) in [5, 5.41) is 8.00. The molecular weight excluding hydrogens is 412 g/mol. The first kappa shape index (κ1) is 15.3. The number of hydrogen-bond acceptors (Lipinski definition) is 2. The minimum absolute atomic E-state index is 0.164. The van der Waals surface area contributed by atoms with Crippen molar-refractivity contribution in [1.29, 1.82) is 0 Å². The number of amides is 1. The van der Waals surface area contributed by atoms with Crippen molar-refractivity contribution in [3.05, 3.63) is 45.1 Å². The van der Waals surface area contributed by atoms with Crippen LogP contribution in [0.15, 0.2) is 39.5 Å². The van der Waals surface area contributed by atoms with Gasteiger partial charge in [0, 0.05) is 38.2 Å². The van der Waals surface area contributed by atoms with Crippen LogP contribution in [0.3, 0.4) is 0 Å². The van der Waals surface area contributed by atoms with Crippen LogP contribution in [-0.2, 0) is 0 Å². The minimum Gasteiger partial charge on any atom is -0.360 e. The molecule has 2 aromatic heterocycles. The Morgan fingerprint density at radius 1 is 1.32 bits per heavy atom. The maximum absolute atomic E-state index is 12.6. The molecule has 3 aromatic rings. The molecule has 1 aromatic carbocycles. The van der Waals surface area contributed by atoms with Gasteiger partial charge in [-0.2, -0.15) is 5.10 Å². The first-order valence-corrected chi connectivity index (χ1v) is 8.37. The lowest BCUT2D eigenvalue weighted by atomic mass is 10.1. The number of benzene rings is 1. The van der Waals surface area contributed by atoms with Gasteiger partial charge < -0.3 is 10.3 Å². The van der Waals surface area contributed by atoms with Gasteiger partial charge in [0.25, 0.3) is 5.91 Å². The van der Waals surface area contributed by atoms with Crippen molar-refractivity contribution < 1.29 is 4.79 Å². The Kier molecular flexibility index (Phi) is 4.10. The lowest BCUT2D eigenvalue weighted by Gasteiger charge is -2.11. The van der Waals surface area contributed by atoms with E-state index in [0.29, 0.717) is 11.4 Å². The number of rotatable bonds is 3. The number of nitrogens with zero attached hydrogens (tertiary/aromatic N) is 2. The van der Waals surface area contributed by atoms with Crippen molar-refractivity contribution in [1.82, 2.24) is 14.8 Å². The number of aromatic amines is 1. The largest absolute Gasteiger partial charge is 0.360 e. The van der Waals surface area contributed by atoms with Crippen LogP contribution in [0.4, 0.5) is 5.82 Å². The second-order valence-corrected chi connectivity index (χ2v) is 6.93. The van der Waals surface area contributed by atoms with E-state index in [1.165, 1.54) is 0 Å². The number of aromatic nitrogens is 3. The quantitative estimate of drug-likeness (QED) is 0.637. The summed E-state index contributed by atoms with van der Waals surface area (Å²) < 4.78 is 3.62. The molecule has 0 radical (unpaired) electrons. The molecule has 0 saturated heterocycles. The number of fused-ring (bicyclic) bond motifs is 1. The lowest BCUT2D eigenvalue weighted by molar-refractivity contribution is 0.102. The molecule has 0 spiro atoms. The van der Waals surface area contributed by atoms with Gasteiger partial charge in [0.2, 0.25) is 0 Å². The van der Waals surface area contributed by atoms with Crippen LogP contribution in [0.2, 0.25) is 0 Å². The molecule has 1 amide bonds. The average Bonchev–Trinajstić information content (AvgIpc) is 3.06. The van der Waals surface area contributed by atoms with E-state index in [2.05, 4.69) is 47.3 Å². The molecule has 3 rings (SSSR count). The first-order chi connectivity index (χ1) is 10.5. The molecule has 0 fully saturated rings. The van der Waals surface area contributed by atoms with Crippen molar-refractivity contribution in [2.75, 3.05) is 5.32 Å². The van der Waals surface area contributed by atoms with Crippen molar-refractivity contribution in [2.24, 2.45) is 0 Å². The summed E-state index contributed by atoms with van der Waals surface area (Å²) in [5.41, 5.74) is 1.50.